The van der Waals surface area contributed by atoms with E-state index >= 15 is 0 Å². The summed E-state index contributed by atoms with van der Waals surface area (Å²) >= 11 is 0. The second-order valence-electron chi connectivity index (χ2n) is 3.22. The molecule has 1 aromatic heterocycles. The van der Waals surface area contributed by atoms with Gasteiger partial charge in [-0.1, -0.05) is 36.4 Å². The lowest BCUT2D eigenvalue weighted by Gasteiger charge is -1.89. The maximum Gasteiger partial charge on any atom is 0.0882 e. The number of aliphatic hydroxyl groups is 1. The molecule has 0 saturated heterocycles. The van der Waals surface area contributed by atoms with Crippen molar-refractivity contribution < 1.29 is 5.11 Å². The van der Waals surface area contributed by atoms with Crippen LogP contribution in [0.3, 0.4) is 0 Å². The van der Waals surface area contributed by atoms with Crippen LogP contribution < -0.4 is 0 Å². The summed E-state index contributed by atoms with van der Waals surface area (Å²) in [6, 6.07) is 11.8. The van der Waals surface area contributed by atoms with Crippen LogP contribution in [0.1, 0.15) is 17.0 Å². The Morgan fingerprint density at radius 2 is 1.94 bits per heavy atom. The maximum atomic E-state index is 8.83. The molecule has 2 aromatic rings. The molecule has 0 spiro atoms. The maximum absolute atomic E-state index is 8.83. The first kappa shape index (κ1) is 12.5. The Kier molecular flexibility index (Phi) is 4.76. The molecule has 0 unspecified atom stereocenters. The molecule has 3 nitrogen and oxygen atoms in total. The number of benzene rings is 1. The zero-order chi connectivity index (χ0) is 10.5. The first-order chi connectivity index (χ1) is 7.38. The lowest BCUT2D eigenvalue weighted by Crippen LogP contribution is -1.79. The number of H-pyrrole nitrogens is 1. The van der Waals surface area contributed by atoms with E-state index in [-0.39, 0.29) is 19.0 Å². The molecular formula is C12H13ClN2O. The normalized spacial score (nSPS) is 10.3. The van der Waals surface area contributed by atoms with Crippen LogP contribution in [0.4, 0.5) is 0 Å². The van der Waals surface area contributed by atoms with E-state index in [1.165, 1.54) is 0 Å². The number of hydrogen-bond donors (Lipinski definition) is 2. The number of halogens is 1. The second-order valence-corrected chi connectivity index (χ2v) is 3.22. The van der Waals surface area contributed by atoms with E-state index in [0.717, 1.165) is 11.3 Å². The van der Waals surface area contributed by atoms with Gasteiger partial charge in [0, 0.05) is 0 Å². The Balaban J connectivity index is 0.00000128. The molecule has 1 heterocycles. The summed E-state index contributed by atoms with van der Waals surface area (Å²) in [4.78, 5) is 0. The highest BCUT2D eigenvalue weighted by Crippen LogP contribution is 2.06. The van der Waals surface area contributed by atoms with Crippen LogP contribution in [0, 0.1) is 0 Å². The number of hydrogen-bond acceptors (Lipinski definition) is 2. The first-order valence-corrected chi connectivity index (χ1v) is 4.77. The van der Waals surface area contributed by atoms with Crippen LogP contribution in [0.25, 0.3) is 12.2 Å². The number of nitrogens with zero attached hydrogens (tertiary/aromatic N) is 1. The van der Waals surface area contributed by atoms with Gasteiger partial charge in [0.05, 0.1) is 18.0 Å². The third kappa shape index (κ3) is 3.22. The van der Waals surface area contributed by atoms with Crippen molar-refractivity contribution in [2.45, 2.75) is 6.61 Å². The largest absolute Gasteiger partial charge is 0.390 e. The van der Waals surface area contributed by atoms with Crippen molar-refractivity contribution in [3.05, 3.63) is 53.3 Å². The van der Waals surface area contributed by atoms with Gasteiger partial charge < -0.3 is 5.11 Å². The number of rotatable bonds is 3. The molecule has 0 atom stereocenters. The molecule has 0 aliphatic heterocycles. The van der Waals surface area contributed by atoms with Crippen molar-refractivity contribution in [2.75, 3.05) is 0 Å². The van der Waals surface area contributed by atoms with E-state index in [0.29, 0.717) is 5.69 Å². The van der Waals surface area contributed by atoms with E-state index in [9.17, 15) is 0 Å². The monoisotopic (exact) mass is 236 g/mol. The van der Waals surface area contributed by atoms with Gasteiger partial charge in [0.25, 0.3) is 0 Å². The standard InChI is InChI=1S/C12H12N2O.ClH/c15-9-12-8-11(13-14-12)7-6-10-4-2-1-3-5-10;/h1-8,15H,9H2,(H,13,14);1H/b7-6+;. The molecule has 2 N–H and O–H groups in total. The van der Waals surface area contributed by atoms with Gasteiger partial charge in [-0.05, 0) is 17.7 Å². The van der Waals surface area contributed by atoms with Gasteiger partial charge in [0.15, 0.2) is 0 Å². The zero-order valence-electron chi connectivity index (χ0n) is 8.63. The smallest absolute Gasteiger partial charge is 0.0882 e. The summed E-state index contributed by atoms with van der Waals surface area (Å²) in [6.45, 7) is -0.0321. The lowest BCUT2D eigenvalue weighted by atomic mass is 10.2. The molecule has 16 heavy (non-hydrogen) atoms. The molecule has 0 radical (unpaired) electrons. The minimum atomic E-state index is -0.0321. The fraction of sp³-hybridized carbons (Fsp3) is 0.0833. The van der Waals surface area contributed by atoms with Gasteiger partial charge in [-0.3, -0.25) is 5.10 Å². The summed E-state index contributed by atoms with van der Waals surface area (Å²) in [7, 11) is 0. The molecule has 0 aliphatic rings. The summed E-state index contributed by atoms with van der Waals surface area (Å²) in [5.41, 5.74) is 2.68. The van der Waals surface area contributed by atoms with Gasteiger partial charge in [-0.2, -0.15) is 5.10 Å². The average Bonchev–Trinajstić information content (AvgIpc) is 2.76. The van der Waals surface area contributed by atoms with Crippen LogP contribution in [0.2, 0.25) is 0 Å². The van der Waals surface area contributed by atoms with Gasteiger partial charge in [0.2, 0.25) is 0 Å². The summed E-state index contributed by atoms with van der Waals surface area (Å²) in [5.74, 6) is 0. The Hall–Kier alpha value is -1.58. The van der Waals surface area contributed by atoms with Crippen molar-refractivity contribution >= 4 is 24.6 Å². The predicted octanol–water partition coefficient (Wildman–Crippen LogP) is 2.49. The van der Waals surface area contributed by atoms with Crippen molar-refractivity contribution in [1.29, 1.82) is 0 Å². The van der Waals surface area contributed by atoms with Crippen molar-refractivity contribution in [2.24, 2.45) is 0 Å². The Bertz CT molecular complexity index is 451. The Morgan fingerprint density at radius 3 is 2.56 bits per heavy atom. The lowest BCUT2D eigenvalue weighted by molar-refractivity contribution is 0.276. The summed E-state index contributed by atoms with van der Waals surface area (Å²) in [5, 5.41) is 15.6. The summed E-state index contributed by atoms with van der Waals surface area (Å²) < 4.78 is 0. The van der Waals surface area contributed by atoms with E-state index in [1.54, 1.807) is 0 Å². The van der Waals surface area contributed by atoms with E-state index in [2.05, 4.69) is 10.2 Å². The third-order valence-corrected chi connectivity index (χ3v) is 2.07. The number of aromatic amines is 1. The quantitative estimate of drug-likeness (QED) is 0.860. The first-order valence-electron chi connectivity index (χ1n) is 4.77. The summed E-state index contributed by atoms with van der Waals surface area (Å²) in [6.07, 6.45) is 3.93. The Morgan fingerprint density at radius 1 is 1.19 bits per heavy atom. The van der Waals surface area contributed by atoms with E-state index < -0.39 is 0 Å². The third-order valence-electron chi connectivity index (χ3n) is 2.07. The van der Waals surface area contributed by atoms with Crippen molar-refractivity contribution in [3.63, 3.8) is 0 Å². The van der Waals surface area contributed by atoms with Crippen LogP contribution >= 0.6 is 12.4 Å². The van der Waals surface area contributed by atoms with Crippen molar-refractivity contribution in [3.8, 4) is 0 Å². The zero-order valence-corrected chi connectivity index (χ0v) is 9.45. The predicted molar refractivity (Wildman–Crippen MR) is 67.1 cm³/mol. The molecule has 4 heteroatoms. The van der Waals surface area contributed by atoms with Crippen LogP contribution in [-0.2, 0) is 6.61 Å². The van der Waals surface area contributed by atoms with E-state index in [1.807, 2.05) is 48.6 Å². The fourth-order valence-corrected chi connectivity index (χ4v) is 1.30. The number of nitrogens with one attached hydrogen (secondary N) is 1. The molecular weight excluding hydrogens is 224 g/mol. The SMILES string of the molecule is Cl.OCc1cc(/C=C/c2ccccc2)[nH]n1. The van der Waals surface area contributed by atoms with Crippen LogP contribution in [-0.4, -0.2) is 15.3 Å². The van der Waals surface area contributed by atoms with E-state index in [4.69, 9.17) is 5.11 Å². The van der Waals surface area contributed by atoms with Crippen LogP contribution in [0.15, 0.2) is 36.4 Å². The molecule has 1 aromatic carbocycles. The molecule has 2 rings (SSSR count). The van der Waals surface area contributed by atoms with Gasteiger partial charge in [-0.25, -0.2) is 0 Å². The van der Waals surface area contributed by atoms with Gasteiger partial charge in [-0.15, -0.1) is 12.4 Å². The minimum Gasteiger partial charge on any atom is -0.390 e. The fourth-order valence-electron chi connectivity index (χ4n) is 1.30. The Labute approximate surface area is 100 Å². The molecule has 0 aliphatic carbocycles. The van der Waals surface area contributed by atoms with Crippen LogP contribution in [0.5, 0.6) is 0 Å². The highest BCUT2D eigenvalue weighted by Gasteiger charge is 1.95. The van der Waals surface area contributed by atoms with Gasteiger partial charge in [0.1, 0.15) is 0 Å². The van der Waals surface area contributed by atoms with Gasteiger partial charge >= 0.3 is 0 Å². The minimum absolute atomic E-state index is 0. The number of aromatic nitrogens is 2. The second kappa shape index (κ2) is 6.10. The molecule has 0 amide bonds. The molecule has 84 valence electrons. The topological polar surface area (TPSA) is 48.9 Å². The van der Waals surface area contributed by atoms with Crippen molar-refractivity contribution in [1.82, 2.24) is 10.2 Å². The highest BCUT2D eigenvalue weighted by atomic mass is 35.5. The highest BCUT2D eigenvalue weighted by molar-refractivity contribution is 5.85. The molecule has 0 fully saturated rings. The molecule has 0 saturated carbocycles. The number of aliphatic hydroxyl groups excluding tert-OH is 1. The average molecular weight is 237 g/mol. The molecule has 0 bridgehead atoms.